The Hall–Kier alpha value is -1.86. The fourth-order valence-electron chi connectivity index (χ4n) is 2.66. The van der Waals surface area contributed by atoms with Gasteiger partial charge in [-0.1, -0.05) is 17.7 Å². The molecule has 0 aliphatic rings. The third-order valence-corrected chi connectivity index (χ3v) is 5.31. The molecule has 124 valence electrons. The van der Waals surface area contributed by atoms with Crippen molar-refractivity contribution in [3.8, 4) is 0 Å². The lowest BCUT2D eigenvalue weighted by molar-refractivity contribution is 0.0596. The SMILES string of the molecule is COC(=O)c1nn(Sc2c(C)cc(C)cc2C)c2ncc(Br)cc12. The molecular weight excluding hydrogens is 390 g/mol. The lowest BCUT2D eigenvalue weighted by Gasteiger charge is -2.10. The number of methoxy groups -OCH3 is 1. The van der Waals surface area contributed by atoms with Gasteiger partial charge in [0.2, 0.25) is 0 Å². The molecule has 0 radical (unpaired) electrons. The van der Waals surface area contributed by atoms with Crippen molar-refractivity contribution in [2.75, 3.05) is 7.11 Å². The molecule has 0 amide bonds. The number of carbonyl (C=O) groups excluding carboxylic acids is 1. The van der Waals surface area contributed by atoms with Crippen molar-refractivity contribution >= 4 is 44.9 Å². The summed E-state index contributed by atoms with van der Waals surface area (Å²) in [4.78, 5) is 17.6. The molecule has 3 aromatic rings. The summed E-state index contributed by atoms with van der Waals surface area (Å²) in [6.45, 7) is 6.21. The summed E-state index contributed by atoms with van der Waals surface area (Å²) in [6.07, 6.45) is 1.69. The second-order valence-corrected chi connectivity index (χ2v) is 7.41. The molecule has 0 unspecified atom stereocenters. The first-order chi connectivity index (χ1) is 11.4. The molecule has 0 atom stereocenters. The van der Waals surface area contributed by atoms with Crippen molar-refractivity contribution in [2.24, 2.45) is 0 Å². The van der Waals surface area contributed by atoms with Crippen LogP contribution >= 0.6 is 27.9 Å². The van der Waals surface area contributed by atoms with Gasteiger partial charge in [0.05, 0.1) is 12.5 Å². The molecule has 0 N–H and O–H groups in total. The lowest BCUT2D eigenvalue weighted by atomic mass is 10.1. The Morgan fingerprint density at radius 2 is 1.88 bits per heavy atom. The van der Waals surface area contributed by atoms with Gasteiger partial charge in [0.15, 0.2) is 11.3 Å². The zero-order chi connectivity index (χ0) is 17.4. The number of ether oxygens (including phenoxy) is 1. The van der Waals surface area contributed by atoms with Crippen molar-refractivity contribution < 1.29 is 9.53 Å². The summed E-state index contributed by atoms with van der Waals surface area (Å²) in [5, 5.41) is 5.08. The molecular formula is C17H16BrN3O2S. The van der Waals surface area contributed by atoms with Gasteiger partial charge in [0, 0.05) is 27.5 Å². The Morgan fingerprint density at radius 1 is 1.21 bits per heavy atom. The van der Waals surface area contributed by atoms with Gasteiger partial charge in [0.1, 0.15) is 0 Å². The molecule has 0 saturated heterocycles. The van der Waals surface area contributed by atoms with E-state index in [0.717, 1.165) is 20.5 Å². The highest BCUT2D eigenvalue weighted by Crippen LogP contribution is 2.32. The van der Waals surface area contributed by atoms with E-state index in [0.29, 0.717) is 11.0 Å². The minimum Gasteiger partial charge on any atom is -0.464 e. The molecule has 0 bridgehead atoms. The predicted octanol–water partition coefficient (Wildman–Crippen LogP) is 4.46. The van der Waals surface area contributed by atoms with E-state index in [2.05, 4.69) is 58.9 Å². The Labute approximate surface area is 152 Å². The largest absolute Gasteiger partial charge is 0.464 e. The van der Waals surface area contributed by atoms with Crippen LogP contribution in [0.25, 0.3) is 11.0 Å². The first-order valence-corrected chi connectivity index (χ1v) is 8.86. The minimum atomic E-state index is -0.475. The summed E-state index contributed by atoms with van der Waals surface area (Å²) in [5.74, 6) is -0.475. The van der Waals surface area contributed by atoms with Crippen LogP contribution < -0.4 is 0 Å². The van der Waals surface area contributed by atoms with Gasteiger partial charge in [-0.25, -0.2) is 9.78 Å². The third-order valence-electron chi connectivity index (χ3n) is 3.62. The van der Waals surface area contributed by atoms with Crippen molar-refractivity contribution in [2.45, 2.75) is 25.7 Å². The van der Waals surface area contributed by atoms with Crippen molar-refractivity contribution in [3.63, 3.8) is 0 Å². The fraction of sp³-hybridized carbons (Fsp3) is 0.235. The minimum absolute atomic E-state index is 0.260. The van der Waals surface area contributed by atoms with E-state index in [1.807, 2.05) is 6.07 Å². The zero-order valence-corrected chi connectivity index (χ0v) is 16.2. The van der Waals surface area contributed by atoms with E-state index in [1.165, 1.54) is 24.6 Å². The molecule has 3 rings (SSSR count). The number of esters is 1. The van der Waals surface area contributed by atoms with Crippen LogP contribution in [-0.4, -0.2) is 27.2 Å². The Balaban J connectivity index is 2.16. The van der Waals surface area contributed by atoms with Crippen LogP contribution in [0.5, 0.6) is 0 Å². The molecule has 7 heteroatoms. The van der Waals surface area contributed by atoms with E-state index in [-0.39, 0.29) is 5.69 Å². The van der Waals surface area contributed by atoms with Crippen LogP contribution in [0.3, 0.4) is 0 Å². The summed E-state index contributed by atoms with van der Waals surface area (Å²) in [6, 6.07) is 6.09. The highest BCUT2D eigenvalue weighted by atomic mass is 79.9. The maximum absolute atomic E-state index is 12.0. The Morgan fingerprint density at radius 3 is 2.50 bits per heavy atom. The van der Waals surface area contributed by atoms with Crippen LogP contribution in [0, 0.1) is 20.8 Å². The summed E-state index contributed by atoms with van der Waals surface area (Å²) >= 11 is 4.84. The predicted molar refractivity (Wildman–Crippen MR) is 98.5 cm³/mol. The number of carbonyl (C=O) groups is 1. The number of aromatic nitrogens is 3. The van der Waals surface area contributed by atoms with Gasteiger partial charge in [-0.2, -0.15) is 9.19 Å². The van der Waals surface area contributed by atoms with Crippen molar-refractivity contribution in [3.05, 3.63) is 51.3 Å². The van der Waals surface area contributed by atoms with Gasteiger partial charge in [-0.15, -0.1) is 0 Å². The van der Waals surface area contributed by atoms with E-state index in [4.69, 9.17) is 4.74 Å². The van der Waals surface area contributed by atoms with E-state index in [1.54, 1.807) is 10.3 Å². The van der Waals surface area contributed by atoms with Gasteiger partial charge in [-0.05, 0) is 53.9 Å². The Kier molecular flexibility index (Phi) is 4.64. The first-order valence-electron chi connectivity index (χ1n) is 7.29. The van der Waals surface area contributed by atoms with Crippen LogP contribution in [-0.2, 0) is 4.74 Å². The summed E-state index contributed by atoms with van der Waals surface area (Å²) in [7, 11) is 1.35. The molecule has 0 saturated carbocycles. The Bertz CT molecular complexity index is 929. The average molecular weight is 406 g/mol. The highest BCUT2D eigenvalue weighted by molar-refractivity contribution is 9.10. The number of hydrogen-bond acceptors (Lipinski definition) is 5. The van der Waals surface area contributed by atoms with Crippen LogP contribution in [0.2, 0.25) is 0 Å². The number of pyridine rings is 1. The van der Waals surface area contributed by atoms with Gasteiger partial charge < -0.3 is 4.74 Å². The topological polar surface area (TPSA) is 57.0 Å². The van der Waals surface area contributed by atoms with Gasteiger partial charge in [0.25, 0.3) is 0 Å². The van der Waals surface area contributed by atoms with E-state index >= 15 is 0 Å². The number of rotatable bonds is 3. The van der Waals surface area contributed by atoms with Gasteiger partial charge >= 0.3 is 5.97 Å². The lowest BCUT2D eigenvalue weighted by Crippen LogP contribution is -2.03. The summed E-state index contributed by atoms with van der Waals surface area (Å²) in [5.41, 5.74) is 4.44. The molecule has 2 heterocycles. The molecule has 1 aromatic carbocycles. The van der Waals surface area contributed by atoms with Crippen molar-refractivity contribution in [1.29, 1.82) is 0 Å². The number of hydrogen-bond donors (Lipinski definition) is 0. The van der Waals surface area contributed by atoms with Crippen LogP contribution in [0.15, 0.2) is 33.8 Å². The molecule has 0 spiro atoms. The monoisotopic (exact) mass is 405 g/mol. The first kappa shape index (κ1) is 17.0. The molecule has 0 fully saturated rings. The summed E-state index contributed by atoms with van der Waals surface area (Å²) < 4.78 is 7.31. The number of aryl methyl sites for hydroxylation is 3. The maximum atomic E-state index is 12.0. The number of nitrogens with zero attached hydrogens (tertiary/aromatic N) is 3. The third kappa shape index (κ3) is 3.06. The molecule has 0 aliphatic heterocycles. The smallest absolute Gasteiger partial charge is 0.359 e. The van der Waals surface area contributed by atoms with Crippen LogP contribution in [0.4, 0.5) is 0 Å². The molecule has 24 heavy (non-hydrogen) atoms. The number of fused-ring (bicyclic) bond motifs is 1. The maximum Gasteiger partial charge on any atom is 0.359 e. The zero-order valence-electron chi connectivity index (χ0n) is 13.8. The second-order valence-electron chi connectivity index (χ2n) is 5.56. The van der Waals surface area contributed by atoms with Crippen molar-refractivity contribution in [1.82, 2.24) is 14.2 Å². The van der Waals surface area contributed by atoms with Crippen LogP contribution in [0.1, 0.15) is 27.2 Å². The highest BCUT2D eigenvalue weighted by Gasteiger charge is 2.20. The van der Waals surface area contributed by atoms with E-state index < -0.39 is 5.97 Å². The van der Waals surface area contributed by atoms with Gasteiger partial charge in [-0.3, -0.25) is 0 Å². The standard InChI is InChI=1S/C17H16BrN3O2S/c1-9-5-10(2)15(11(3)6-9)24-21-16-13(7-12(18)8-19-16)14(20-21)17(22)23-4/h5-8H,1-4H3. The fourth-order valence-corrected chi connectivity index (χ4v) is 3.92. The normalized spacial score (nSPS) is 11.0. The molecule has 2 aromatic heterocycles. The number of halogens is 1. The quantitative estimate of drug-likeness (QED) is 0.601. The molecule has 5 nitrogen and oxygen atoms in total. The number of benzene rings is 1. The average Bonchev–Trinajstić information content (AvgIpc) is 2.87. The molecule has 0 aliphatic carbocycles. The van der Waals surface area contributed by atoms with E-state index in [9.17, 15) is 4.79 Å². The second kappa shape index (κ2) is 6.57.